The van der Waals surface area contributed by atoms with Crippen LogP contribution in [-0.2, 0) is 9.59 Å². The molecule has 0 fully saturated rings. The van der Waals surface area contributed by atoms with Crippen molar-refractivity contribution in [3.05, 3.63) is 0 Å². The minimum atomic E-state index is -0.867. The zero-order chi connectivity index (χ0) is 15.7. The van der Waals surface area contributed by atoms with Crippen molar-refractivity contribution >= 4 is 17.9 Å². The number of nitrogens with zero attached hydrogens (tertiary/aromatic N) is 2. The Morgan fingerprint density at radius 1 is 1.15 bits per heavy atom. The average molecular weight is 287 g/mol. The van der Waals surface area contributed by atoms with Crippen LogP contribution in [0.2, 0.25) is 0 Å². The van der Waals surface area contributed by atoms with Crippen LogP contribution >= 0.6 is 0 Å². The second-order valence-corrected chi connectivity index (χ2v) is 4.91. The van der Waals surface area contributed by atoms with Gasteiger partial charge in [-0.25, -0.2) is 4.79 Å². The highest BCUT2D eigenvalue weighted by Crippen LogP contribution is 2.06. The molecule has 20 heavy (non-hydrogen) atoms. The van der Waals surface area contributed by atoms with Crippen molar-refractivity contribution in [1.29, 1.82) is 0 Å². The van der Waals surface area contributed by atoms with E-state index in [9.17, 15) is 14.4 Å². The lowest BCUT2D eigenvalue weighted by molar-refractivity contribution is -0.137. The SMILES string of the molecule is CNC(=O)CCN(C)C(=O)N(CCCC(=O)O)C(C)C. The van der Waals surface area contributed by atoms with E-state index in [1.165, 1.54) is 4.90 Å². The third kappa shape index (κ3) is 6.96. The quantitative estimate of drug-likeness (QED) is 0.689. The number of carbonyl (C=O) groups excluding carboxylic acids is 2. The van der Waals surface area contributed by atoms with E-state index >= 15 is 0 Å². The molecule has 116 valence electrons. The number of carbonyl (C=O) groups is 3. The molecule has 0 aliphatic rings. The number of hydrogen-bond donors (Lipinski definition) is 2. The standard InChI is InChI=1S/C13H25N3O4/c1-10(2)16(8-5-6-12(18)19)13(20)15(4)9-7-11(17)14-3/h10H,5-9H2,1-4H3,(H,14,17)(H,18,19). The van der Waals surface area contributed by atoms with Crippen LogP contribution in [0.1, 0.15) is 33.1 Å². The first-order valence-electron chi connectivity index (χ1n) is 6.73. The molecule has 3 amide bonds. The zero-order valence-corrected chi connectivity index (χ0v) is 12.7. The van der Waals surface area contributed by atoms with Crippen LogP contribution in [0.25, 0.3) is 0 Å². The molecule has 0 rings (SSSR count). The topological polar surface area (TPSA) is 90.0 Å². The summed E-state index contributed by atoms with van der Waals surface area (Å²) in [6.45, 7) is 4.49. The monoisotopic (exact) mass is 287 g/mol. The first kappa shape index (κ1) is 18.2. The minimum Gasteiger partial charge on any atom is -0.481 e. The lowest BCUT2D eigenvalue weighted by Crippen LogP contribution is -2.46. The summed E-state index contributed by atoms with van der Waals surface area (Å²) in [6.07, 6.45) is 0.709. The molecule has 0 saturated heterocycles. The summed E-state index contributed by atoms with van der Waals surface area (Å²) < 4.78 is 0. The van der Waals surface area contributed by atoms with Gasteiger partial charge in [0.1, 0.15) is 0 Å². The lowest BCUT2D eigenvalue weighted by atomic mass is 10.2. The van der Waals surface area contributed by atoms with Crippen LogP contribution in [-0.4, -0.2) is 66.0 Å². The van der Waals surface area contributed by atoms with Gasteiger partial charge in [0.05, 0.1) is 0 Å². The van der Waals surface area contributed by atoms with E-state index in [1.54, 1.807) is 19.0 Å². The van der Waals surface area contributed by atoms with Gasteiger partial charge < -0.3 is 20.2 Å². The van der Waals surface area contributed by atoms with Crippen molar-refractivity contribution in [2.24, 2.45) is 0 Å². The second-order valence-electron chi connectivity index (χ2n) is 4.91. The smallest absolute Gasteiger partial charge is 0.319 e. The van der Waals surface area contributed by atoms with Crippen LogP contribution in [0.4, 0.5) is 4.79 Å². The van der Waals surface area contributed by atoms with Crippen LogP contribution in [0.5, 0.6) is 0 Å². The van der Waals surface area contributed by atoms with Gasteiger partial charge in [0.25, 0.3) is 0 Å². The summed E-state index contributed by atoms with van der Waals surface area (Å²) >= 11 is 0. The van der Waals surface area contributed by atoms with E-state index < -0.39 is 5.97 Å². The van der Waals surface area contributed by atoms with Crippen molar-refractivity contribution in [3.63, 3.8) is 0 Å². The molecule has 0 aromatic rings. The Morgan fingerprint density at radius 2 is 1.75 bits per heavy atom. The maximum atomic E-state index is 12.2. The van der Waals surface area contributed by atoms with Gasteiger partial charge in [-0.1, -0.05) is 0 Å². The van der Waals surface area contributed by atoms with Crippen LogP contribution in [0.3, 0.4) is 0 Å². The Kier molecular flexibility index (Phi) is 8.35. The molecule has 0 aliphatic heterocycles. The largest absolute Gasteiger partial charge is 0.481 e. The number of aliphatic carboxylic acids is 1. The maximum Gasteiger partial charge on any atom is 0.319 e. The highest BCUT2D eigenvalue weighted by atomic mass is 16.4. The molecule has 7 heteroatoms. The van der Waals surface area contributed by atoms with E-state index in [4.69, 9.17) is 5.11 Å². The fraction of sp³-hybridized carbons (Fsp3) is 0.769. The Labute approximate surface area is 119 Å². The van der Waals surface area contributed by atoms with E-state index in [2.05, 4.69) is 5.32 Å². The molecule has 0 heterocycles. The molecule has 0 saturated carbocycles. The number of nitrogens with one attached hydrogen (secondary N) is 1. The lowest BCUT2D eigenvalue weighted by Gasteiger charge is -2.31. The number of urea groups is 1. The van der Waals surface area contributed by atoms with Crippen molar-refractivity contribution in [1.82, 2.24) is 15.1 Å². The van der Waals surface area contributed by atoms with Crippen LogP contribution < -0.4 is 5.32 Å². The summed E-state index contributed by atoms with van der Waals surface area (Å²) in [5.74, 6) is -0.985. The zero-order valence-electron chi connectivity index (χ0n) is 12.7. The minimum absolute atomic E-state index is 0.0150. The van der Waals surface area contributed by atoms with E-state index in [1.807, 2.05) is 13.8 Å². The summed E-state index contributed by atoms with van der Waals surface area (Å²) in [7, 11) is 3.19. The Bertz CT molecular complexity index is 345. The van der Waals surface area contributed by atoms with E-state index in [0.717, 1.165) is 0 Å². The summed E-state index contributed by atoms with van der Waals surface area (Å²) in [4.78, 5) is 37.0. The Morgan fingerprint density at radius 3 is 2.20 bits per heavy atom. The summed E-state index contributed by atoms with van der Waals surface area (Å²) in [5.41, 5.74) is 0. The third-order valence-electron chi connectivity index (χ3n) is 2.94. The van der Waals surface area contributed by atoms with Gasteiger partial charge in [-0.15, -0.1) is 0 Å². The number of carboxylic acids is 1. The maximum absolute atomic E-state index is 12.2. The summed E-state index contributed by atoms with van der Waals surface area (Å²) in [6, 6.07) is -0.201. The van der Waals surface area contributed by atoms with Crippen LogP contribution in [0, 0.1) is 0 Å². The first-order chi connectivity index (χ1) is 9.29. The molecule has 0 bridgehead atoms. The molecule has 0 aromatic heterocycles. The molecule has 0 aliphatic carbocycles. The molecule has 0 unspecified atom stereocenters. The van der Waals surface area contributed by atoms with E-state index in [0.29, 0.717) is 19.5 Å². The fourth-order valence-electron chi connectivity index (χ4n) is 1.68. The third-order valence-corrected chi connectivity index (χ3v) is 2.94. The average Bonchev–Trinajstić information content (AvgIpc) is 2.38. The summed E-state index contributed by atoms with van der Waals surface area (Å²) in [5, 5.41) is 11.1. The number of rotatable bonds is 8. The van der Waals surface area contributed by atoms with Gasteiger partial charge in [-0.3, -0.25) is 9.59 Å². The van der Waals surface area contributed by atoms with Gasteiger partial charge in [0.15, 0.2) is 0 Å². The number of hydrogen-bond acceptors (Lipinski definition) is 3. The molecule has 2 N–H and O–H groups in total. The van der Waals surface area contributed by atoms with Crippen molar-refractivity contribution < 1.29 is 19.5 Å². The molecule has 0 aromatic carbocycles. The van der Waals surface area contributed by atoms with Crippen molar-refractivity contribution in [2.45, 2.75) is 39.2 Å². The van der Waals surface area contributed by atoms with Gasteiger partial charge in [0.2, 0.25) is 5.91 Å². The molecule has 7 nitrogen and oxygen atoms in total. The van der Waals surface area contributed by atoms with E-state index in [-0.39, 0.29) is 30.8 Å². The predicted octanol–water partition coefficient (Wildman–Crippen LogP) is 0.750. The number of amides is 3. The van der Waals surface area contributed by atoms with Gasteiger partial charge in [0, 0.05) is 46.1 Å². The van der Waals surface area contributed by atoms with Crippen LogP contribution in [0.15, 0.2) is 0 Å². The Balaban J connectivity index is 4.39. The van der Waals surface area contributed by atoms with Gasteiger partial charge >= 0.3 is 12.0 Å². The normalized spacial score (nSPS) is 10.2. The van der Waals surface area contributed by atoms with Gasteiger partial charge in [-0.05, 0) is 20.3 Å². The first-order valence-corrected chi connectivity index (χ1v) is 6.73. The van der Waals surface area contributed by atoms with Crippen molar-refractivity contribution in [2.75, 3.05) is 27.2 Å². The molecule has 0 radical (unpaired) electrons. The molecule has 0 atom stereocenters. The Hall–Kier alpha value is -1.79. The highest BCUT2D eigenvalue weighted by Gasteiger charge is 2.20. The van der Waals surface area contributed by atoms with Gasteiger partial charge in [-0.2, -0.15) is 0 Å². The fourth-order valence-corrected chi connectivity index (χ4v) is 1.68. The predicted molar refractivity (Wildman–Crippen MR) is 75.4 cm³/mol. The highest BCUT2D eigenvalue weighted by molar-refractivity contribution is 5.78. The molecular weight excluding hydrogens is 262 g/mol. The number of carboxylic acid groups (broad SMARTS) is 1. The van der Waals surface area contributed by atoms with Crippen molar-refractivity contribution in [3.8, 4) is 0 Å². The molecular formula is C13H25N3O4. The second kappa shape index (κ2) is 9.17. The molecule has 0 spiro atoms.